The van der Waals surface area contributed by atoms with E-state index in [-0.39, 0.29) is 11.3 Å². The summed E-state index contributed by atoms with van der Waals surface area (Å²) < 4.78 is 14.0. The highest BCUT2D eigenvalue weighted by Gasteiger charge is 2.30. The molecule has 4 rings (SSSR count). The van der Waals surface area contributed by atoms with Gasteiger partial charge in [0.15, 0.2) is 0 Å². The number of pyridine rings is 1. The van der Waals surface area contributed by atoms with Crippen molar-refractivity contribution >= 4 is 23.6 Å². The largest absolute Gasteiger partial charge is 0.370 e. The van der Waals surface area contributed by atoms with Crippen molar-refractivity contribution in [2.45, 2.75) is 31.4 Å². The number of anilines is 1. The van der Waals surface area contributed by atoms with Crippen LogP contribution < -0.4 is 16.0 Å². The molecule has 1 atom stereocenters. The number of piperidine rings is 1. The third kappa shape index (κ3) is 6.24. The number of primary amides is 1. The van der Waals surface area contributed by atoms with Crippen LogP contribution >= 0.6 is 0 Å². The molecule has 2 saturated heterocycles. The van der Waals surface area contributed by atoms with Gasteiger partial charge in [-0.05, 0) is 55.5 Å². The molecule has 2 aliphatic rings. The highest BCUT2D eigenvalue weighted by atomic mass is 19.1. The van der Waals surface area contributed by atoms with Crippen LogP contribution in [0.25, 0.3) is 6.08 Å². The quantitative estimate of drug-likeness (QED) is 0.348. The summed E-state index contributed by atoms with van der Waals surface area (Å²) in [4.78, 5) is 32.2. The fourth-order valence-corrected chi connectivity index (χ4v) is 4.90. The van der Waals surface area contributed by atoms with Gasteiger partial charge in [0.2, 0.25) is 0 Å². The standard InChI is InChI=1S/C25H30FN5O5/c26-20-3-1-2-17(22(20)23(27)32)5-4-16-8-11-31(15-16)18-9-12-30(13-10-18)19-6-7-21(28-14-19)24(33)29-25(34,35)36/h1-7,14,16,18,34-36H,8-13,15H2,(H2,27,32)(H,29,33)/b5-4+/t16-/m0/s1. The molecule has 2 amide bonds. The number of nitrogens with one attached hydrogen (secondary N) is 1. The molecule has 0 bridgehead atoms. The Morgan fingerprint density at radius 1 is 1.11 bits per heavy atom. The van der Waals surface area contributed by atoms with Crippen LogP contribution in [0.5, 0.6) is 0 Å². The zero-order valence-electron chi connectivity index (χ0n) is 19.7. The monoisotopic (exact) mass is 499 g/mol. The number of rotatable bonds is 7. The Hall–Kier alpha value is -3.38. The Kier molecular flexibility index (Phi) is 7.65. The molecule has 6 N–H and O–H groups in total. The number of halogens is 1. The molecule has 1 aromatic heterocycles. The summed E-state index contributed by atoms with van der Waals surface area (Å²) >= 11 is 0. The molecule has 2 fully saturated rings. The minimum Gasteiger partial charge on any atom is -0.370 e. The summed E-state index contributed by atoms with van der Waals surface area (Å²) in [6.07, 6.45) is 5.00. The molecule has 11 heteroatoms. The van der Waals surface area contributed by atoms with Crippen molar-refractivity contribution in [3.05, 3.63) is 65.2 Å². The first-order chi connectivity index (χ1) is 17.1. The first-order valence-corrected chi connectivity index (χ1v) is 11.8. The first kappa shape index (κ1) is 25.7. The molecule has 2 aromatic rings. The molecule has 0 spiro atoms. The Morgan fingerprint density at radius 2 is 1.86 bits per heavy atom. The molecule has 192 valence electrons. The first-order valence-electron chi connectivity index (χ1n) is 11.8. The van der Waals surface area contributed by atoms with Crippen molar-refractivity contribution in [1.29, 1.82) is 0 Å². The predicted octanol–water partition coefficient (Wildman–Crippen LogP) is 0.642. The van der Waals surface area contributed by atoms with Crippen LogP contribution in [0, 0.1) is 11.7 Å². The van der Waals surface area contributed by atoms with E-state index in [1.807, 2.05) is 6.08 Å². The maximum atomic E-state index is 14.0. The number of hydrogen-bond donors (Lipinski definition) is 5. The van der Waals surface area contributed by atoms with Gasteiger partial charge in [-0.1, -0.05) is 24.3 Å². The Balaban J connectivity index is 1.29. The number of aromatic nitrogens is 1. The summed E-state index contributed by atoms with van der Waals surface area (Å²) in [5.74, 6) is -1.98. The molecule has 2 aliphatic heterocycles. The van der Waals surface area contributed by atoms with E-state index in [1.165, 1.54) is 12.1 Å². The molecule has 0 unspecified atom stereocenters. The summed E-state index contributed by atoms with van der Waals surface area (Å²) in [5.41, 5.74) is 6.56. The third-order valence-corrected chi connectivity index (χ3v) is 6.70. The van der Waals surface area contributed by atoms with Gasteiger partial charge in [-0.15, -0.1) is 0 Å². The minimum atomic E-state index is -3.30. The van der Waals surface area contributed by atoms with Crippen LogP contribution in [-0.2, 0) is 0 Å². The Morgan fingerprint density at radius 3 is 2.50 bits per heavy atom. The zero-order valence-corrected chi connectivity index (χ0v) is 19.7. The van der Waals surface area contributed by atoms with Crippen molar-refractivity contribution in [2.75, 3.05) is 31.1 Å². The van der Waals surface area contributed by atoms with Crippen LogP contribution in [0.15, 0.2) is 42.6 Å². The SMILES string of the molecule is NC(=O)c1c(F)cccc1/C=C/[C@H]1CCN(C2CCN(c3ccc(C(=O)NC(O)(O)O)nc3)CC2)C1. The minimum absolute atomic E-state index is 0.0486. The Labute approximate surface area is 207 Å². The van der Waals surface area contributed by atoms with Gasteiger partial charge in [-0.3, -0.25) is 19.8 Å². The Bertz CT molecular complexity index is 1130. The molecule has 3 heterocycles. The lowest BCUT2D eigenvalue weighted by atomic mass is 10.0. The van der Waals surface area contributed by atoms with E-state index >= 15 is 0 Å². The molecular weight excluding hydrogens is 469 g/mol. The zero-order chi connectivity index (χ0) is 25.9. The number of carbonyl (C=O) groups excluding carboxylic acids is 2. The number of amides is 2. The summed E-state index contributed by atoms with van der Waals surface area (Å²) in [6, 6.07) is 8.13. The highest BCUT2D eigenvalue weighted by Crippen LogP contribution is 2.28. The molecule has 0 aliphatic carbocycles. The van der Waals surface area contributed by atoms with Crippen molar-refractivity contribution in [3.63, 3.8) is 0 Å². The summed E-state index contributed by atoms with van der Waals surface area (Å²) in [5, 5.41) is 28.2. The van der Waals surface area contributed by atoms with E-state index in [2.05, 4.69) is 14.8 Å². The van der Waals surface area contributed by atoms with E-state index in [0.29, 0.717) is 17.5 Å². The maximum absolute atomic E-state index is 14.0. The molecule has 36 heavy (non-hydrogen) atoms. The van der Waals surface area contributed by atoms with E-state index < -0.39 is 23.7 Å². The number of nitrogens with zero attached hydrogens (tertiary/aromatic N) is 3. The van der Waals surface area contributed by atoms with E-state index in [4.69, 9.17) is 21.1 Å². The highest BCUT2D eigenvalue weighted by molar-refractivity contribution is 5.96. The fraction of sp³-hybridized carbons (Fsp3) is 0.400. The van der Waals surface area contributed by atoms with Crippen molar-refractivity contribution in [3.8, 4) is 0 Å². The van der Waals surface area contributed by atoms with Gasteiger partial charge in [-0.25, -0.2) is 9.37 Å². The second kappa shape index (κ2) is 10.7. The van der Waals surface area contributed by atoms with Crippen molar-refractivity contribution in [1.82, 2.24) is 15.2 Å². The number of likely N-dealkylation sites (tertiary alicyclic amines) is 1. The molecule has 10 nitrogen and oxygen atoms in total. The van der Waals surface area contributed by atoms with E-state index in [1.54, 1.807) is 35.8 Å². The van der Waals surface area contributed by atoms with Gasteiger partial charge in [-0.2, -0.15) is 0 Å². The van der Waals surface area contributed by atoms with Crippen molar-refractivity contribution in [2.24, 2.45) is 11.7 Å². The fourth-order valence-electron chi connectivity index (χ4n) is 4.90. The lowest BCUT2D eigenvalue weighted by Gasteiger charge is -2.37. The second-order valence-electron chi connectivity index (χ2n) is 9.18. The maximum Gasteiger partial charge on any atom is 0.369 e. The molecular formula is C25H30FN5O5. The van der Waals surface area contributed by atoms with Gasteiger partial charge >= 0.3 is 6.10 Å². The normalized spacial score (nSPS) is 19.7. The van der Waals surface area contributed by atoms with Gasteiger partial charge in [0.1, 0.15) is 11.5 Å². The molecule has 1 aromatic carbocycles. The number of carbonyl (C=O) groups is 2. The topological polar surface area (TPSA) is 152 Å². The van der Waals surface area contributed by atoms with Crippen LogP contribution in [0.2, 0.25) is 0 Å². The van der Waals surface area contributed by atoms with Crippen LogP contribution in [0.3, 0.4) is 0 Å². The number of benzene rings is 1. The lowest BCUT2D eigenvalue weighted by molar-refractivity contribution is -0.323. The van der Waals surface area contributed by atoms with Crippen LogP contribution in [-0.4, -0.2) is 75.3 Å². The van der Waals surface area contributed by atoms with Crippen molar-refractivity contribution < 1.29 is 29.3 Å². The third-order valence-electron chi connectivity index (χ3n) is 6.70. The average molecular weight is 500 g/mol. The van der Waals surface area contributed by atoms with Crippen LogP contribution in [0.1, 0.15) is 45.7 Å². The second-order valence-corrected chi connectivity index (χ2v) is 9.18. The molecule has 0 radical (unpaired) electrons. The van der Waals surface area contributed by atoms with Gasteiger partial charge in [0.05, 0.1) is 17.4 Å². The smallest absolute Gasteiger partial charge is 0.369 e. The van der Waals surface area contributed by atoms with Gasteiger partial charge in [0, 0.05) is 25.7 Å². The number of hydrogen-bond acceptors (Lipinski definition) is 8. The average Bonchev–Trinajstić information content (AvgIpc) is 3.31. The van der Waals surface area contributed by atoms with E-state index in [9.17, 15) is 14.0 Å². The van der Waals surface area contributed by atoms with Gasteiger partial charge < -0.3 is 26.0 Å². The summed E-state index contributed by atoms with van der Waals surface area (Å²) in [7, 11) is 0. The van der Waals surface area contributed by atoms with Gasteiger partial charge in [0.25, 0.3) is 11.8 Å². The lowest BCUT2D eigenvalue weighted by Crippen LogP contribution is -2.48. The van der Waals surface area contributed by atoms with Crippen LogP contribution in [0.4, 0.5) is 10.1 Å². The molecule has 0 saturated carbocycles. The number of aliphatic hydroxyl groups is 3. The number of nitrogens with two attached hydrogens (primary N) is 1. The van der Waals surface area contributed by atoms with E-state index in [0.717, 1.165) is 51.1 Å². The predicted molar refractivity (Wildman–Crippen MR) is 130 cm³/mol. The summed E-state index contributed by atoms with van der Waals surface area (Å²) in [6.45, 7) is 3.52.